The monoisotopic (exact) mass is 540 g/mol. The topological polar surface area (TPSA) is 98.5 Å². The minimum absolute atomic E-state index is 0.122. The van der Waals surface area contributed by atoms with Crippen molar-refractivity contribution in [3.05, 3.63) is 87.9 Å². The Morgan fingerprint density at radius 1 is 1.05 bits per heavy atom. The van der Waals surface area contributed by atoms with Gasteiger partial charge >= 0.3 is 0 Å². The number of aryl methyl sites for hydroxylation is 1. The molecule has 2 aromatic heterocycles. The maximum absolute atomic E-state index is 15.6. The predicted molar refractivity (Wildman–Crippen MR) is 157 cm³/mol. The van der Waals surface area contributed by atoms with Gasteiger partial charge in [-0.05, 0) is 71.8 Å². The van der Waals surface area contributed by atoms with Crippen molar-refractivity contribution in [3.63, 3.8) is 0 Å². The molecule has 2 aromatic carbocycles. The third kappa shape index (κ3) is 5.45. The number of hydrogen-bond donors (Lipinski definition) is 1. The van der Waals surface area contributed by atoms with E-state index in [9.17, 15) is 9.59 Å². The molecule has 206 valence electrons. The zero-order valence-corrected chi connectivity index (χ0v) is 23.0. The fourth-order valence-electron chi connectivity index (χ4n) is 5.13. The number of aromatic nitrogens is 3. The first-order valence-electron chi connectivity index (χ1n) is 13.6. The van der Waals surface area contributed by atoms with Crippen molar-refractivity contribution in [1.29, 1.82) is 0 Å². The van der Waals surface area contributed by atoms with E-state index >= 15 is 4.39 Å². The van der Waals surface area contributed by atoms with Gasteiger partial charge in [0.25, 0.3) is 5.56 Å². The second-order valence-corrected chi connectivity index (χ2v) is 10.2. The number of hydrogen-bond acceptors (Lipinski definition) is 5. The van der Waals surface area contributed by atoms with Gasteiger partial charge in [-0.1, -0.05) is 19.9 Å². The lowest BCUT2D eigenvalue weighted by atomic mass is 9.98. The molecule has 1 aliphatic rings. The van der Waals surface area contributed by atoms with Crippen molar-refractivity contribution < 1.29 is 9.18 Å². The van der Waals surface area contributed by atoms with Crippen molar-refractivity contribution in [3.8, 4) is 11.1 Å². The number of carbonyl (C=O) groups is 1. The molecule has 2 N–H and O–H groups in total. The van der Waals surface area contributed by atoms with Gasteiger partial charge in [-0.15, -0.1) is 0 Å². The summed E-state index contributed by atoms with van der Waals surface area (Å²) in [4.78, 5) is 32.6. The van der Waals surface area contributed by atoms with E-state index in [1.54, 1.807) is 44.6 Å². The van der Waals surface area contributed by atoms with Crippen LogP contribution in [-0.2, 0) is 18.4 Å². The smallest absolute Gasteiger partial charge is 0.258 e. The van der Waals surface area contributed by atoms with Crippen molar-refractivity contribution in [2.45, 2.75) is 39.7 Å². The molecule has 1 amide bonds. The van der Waals surface area contributed by atoms with E-state index in [2.05, 4.69) is 10.1 Å². The van der Waals surface area contributed by atoms with Crippen LogP contribution in [0.25, 0.3) is 28.0 Å². The highest BCUT2D eigenvalue weighted by Crippen LogP contribution is 2.35. The second-order valence-electron chi connectivity index (χ2n) is 10.2. The summed E-state index contributed by atoms with van der Waals surface area (Å²) in [6, 6.07) is 12.4. The van der Waals surface area contributed by atoms with Crippen LogP contribution in [0.1, 0.15) is 44.4 Å². The molecule has 0 radical (unpaired) electrons. The molecule has 3 heterocycles. The van der Waals surface area contributed by atoms with E-state index in [1.807, 2.05) is 45.3 Å². The first-order chi connectivity index (χ1) is 19.3. The third-order valence-corrected chi connectivity index (χ3v) is 7.02. The zero-order valence-electron chi connectivity index (χ0n) is 23.0. The molecule has 0 unspecified atom stereocenters. The van der Waals surface area contributed by atoms with Gasteiger partial charge in [0.05, 0.1) is 17.9 Å². The van der Waals surface area contributed by atoms with Crippen LogP contribution in [0.2, 0.25) is 0 Å². The Balaban J connectivity index is 1.49. The largest absolute Gasteiger partial charge is 0.387 e. The van der Waals surface area contributed by atoms with Crippen molar-refractivity contribution in [1.82, 2.24) is 19.2 Å². The highest BCUT2D eigenvalue weighted by atomic mass is 19.1. The van der Waals surface area contributed by atoms with Gasteiger partial charge in [-0.2, -0.15) is 5.10 Å². The van der Waals surface area contributed by atoms with Gasteiger partial charge < -0.3 is 15.2 Å². The molecular weight excluding hydrogens is 507 g/mol. The summed E-state index contributed by atoms with van der Waals surface area (Å²) in [5.41, 5.74) is 9.27. The maximum Gasteiger partial charge on any atom is 0.258 e. The summed E-state index contributed by atoms with van der Waals surface area (Å²) in [5.74, 6) is -0.365. The first-order valence-corrected chi connectivity index (χ1v) is 13.6. The summed E-state index contributed by atoms with van der Waals surface area (Å²) >= 11 is 0. The Morgan fingerprint density at radius 3 is 2.52 bits per heavy atom. The fraction of sp³-hybridized carbons (Fsp3) is 0.290. The molecule has 0 fully saturated rings. The van der Waals surface area contributed by atoms with E-state index in [1.165, 1.54) is 6.07 Å². The fourth-order valence-corrected chi connectivity index (χ4v) is 5.13. The lowest BCUT2D eigenvalue weighted by Crippen LogP contribution is -2.34. The lowest BCUT2D eigenvalue weighted by molar-refractivity contribution is -0.127. The van der Waals surface area contributed by atoms with Crippen LogP contribution in [0.4, 0.5) is 10.1 Å². The number of nitrogens with zero attached hydrogens (tertiary/aromatic N) is 5. The van der Waals surface area contributed by atoms with E-state index in [-0.39, 0.29) is 29.3 Å². The van der Waals surface area contributed by atoms with Crippen LogP contribution < -0.4 is 11.3 Å². The van der Waals surface area contributed by atoms with Gasteiger partial charge in [-0.3, -0.25) is 14.3 Å². The summed E-state index contributed by atoms with van der Waals surface area (Å²) in [6.45, 7) is 5.68. The number of amidine groups is 1. The normalized spacial score (nSPS) is 13.0. The maximum atomic E-state index is 15.6. The van der Waals surface area contributed by atoms with Crippen LogP contribution in [0.5, 0.6) is 0 Å². The molecule has 0 aliphatic carbocycles. The molecule has 0 spiro atoms. The average molecular weight is 541 g/mol. The number of amides is 1. The minimum atomic E-state index is -0.486. The van der Waals surface area contributed by atoms with Gasteiger partial charge in [0.2, 0.25) is 5.91 Å². The molecule has 8 nitrogen and oxygen atoms in total. The SMILES string of the molecule is CCCN(CCC)C(=O)C1=Cc2c(F)cc(-c3ccc4c(=O)n(Cc5ccn(C)n5)ccc4c3)cc2N=C(N)C1. The zero-order chi connectivity index (χ0) is 28.4. The van der Waals surface area contributed by atoms with E-state index in [0.717, 1.165) is 29.5 Å². The van der Waals surface area contributed by atoms with E-state index < -0.39 is 5.82 Å². The van der Waals surface area contributed by atoms with Crippen LogP contribution in [0.3, 0.4) is 0 Å². The van der Waals surface area contributed by atoms with Gasteiger partial charge in [0.15, 0.2) is 0 Å². The standard InChI is InChI=1S/C31H33FN6O2/c1-4-10-37(11-5-2)30(39)23-15-26-27(32)16-22(17-28(26)34-29(33)18-23)20-6-7-25-21(14-20)8-13-38(31(25)40)19-24-9-12-36(3)35-24/h6-9,12-17H,4-5,10-11,18-19H2,1-3H3,(H2,33,34). The highest BCUT2D eigenvalue weighted by molar-refractivity contribution is 6.05. The van der Waals surface area contributed by atoms with Gasteiger partial charge in [-0.25, -0.2) is 9.38 Å². The summed E-state index contributed by atoms with van der Waals surface area (Å²) in [5, 5.41) is 5.66. The quantitative estimate of drug-likeness (QED) is 0.340. The number of carbonyl (C=O) groups excluding carboxylic acids is 1. The molecule has 4 aromatic rings. The number of benzene rings is 2. The Labute approximate surface area is 232 Å². The first kappa shape index (κ1) is 27.1. The average Bonchev–Trinajstić information content (AvgIpc) is 3.26. The van der Waals surface area contributed by atoms with Crippen molar-refractivity contribution >= 4 is 34.3 Å². The number of fused-ring (bicyclic) bond motifs is 2. The van der Waals surface area contributed by atoms with Crippen molar-refractivity contribution in [2.75, 3.05) is 13.1 Å². The number of aliphatic imine (C=N–C) groups is 1. The van der Waals surface area contributed by atoms with Crippen LogP contribution in [0, 0.1) is 5.82 Å². The molecule has 0 saturated heterocycles. The Morgan fingerprint density at radius 2 is 1.82 bits per heavy atom. The van der Waals surface area contributed by atoms with Gasteiger partial charge in [0.1, 0.15) is 11.7 Å². The number of halogens is 1. The van der Waals surface area contributed by atoms with E-state index in [4.69, 9.17) is 5.73 Å². The molecule has 0 bridgehead atoms. The Hall–Kier alpha value is -4.53. The summed E-state index contributed by atoms with van der Waals surface area (Å²) in [7, 11) is 1.84. The van der Waals surface area contributed by atoms with E-state index in [0.29, 0.717) is 41.8 Å². The molecule has 5 rings (SSSR count). The van der Waals surface area contributed by atoms with Crippen molar-refractivity contribution in [2.24, 2.45) is 17.8 Å². The summed E-state index contributed by atoms with van der Waals surface area (Å²) < 4.78 is 18.9. The van der Waals surface area contributed by atoms with Crippen LogP contribution >= 0.6 is 0 Å². The third-order valence-electron chi connectivity index (χ3n) is 7.02. The predicted octanol–water partition coefficient (Wildman–Crippen LogP) is 5.01. The lowest BCUT2D eigenvalue weighted by Gasteiger charge is -2.22. The minimum Gasteiger partial charge on any atom is -0.387 e. The molecule has 1 aliphatic heterocycles. The van der Waals surface area contributed by atoms with Crippen LogP contribution in [-0.4, -0.2) is 44.1 Å². The number of rotatable bonds is 8. The van der Waals surface area contributed by atoms with Crippen LogP contribution in [0.15, 0.2) is 70.2 Å². The molecule has 0 atom stereocenters. The molecule has 40 heavy (non-hydrogen) atoms. The summed E-state index contributed by atoms with van der Waals surface area (Å²) in [6.07, 6.45) is 7.00. The Kier molecular flexibility index (Phi) is 7.64. The number of pyridine rings is 1. The number of nitrogens with two attached hydrogens (primary N) is 1. The Bertz CT molecular complexity index is 1710. The molecular formula is C31H33FN6O2. The van der Waals surface area contributed by atoms with Gasteiger partial charge in [0, 0.05) is 55.5 Å². The highest BCUT2D eigenvalue weighted by Gasteiger charge is 2.23. The molecule has 0 saturated carbocycles. The second kappa shape index (κ2) is 11.3. The molecule has 9 heteroatoms.